The Morgan fingerprint density at radius 3 is 1.85 bits per heavy atom. The summed E-state index contributed by atoms with van der Waals surface area (Å²) >= 11 is 0. The first-order chi connectivity index (χ1) is 12.4. The minimum absolute atomic E-state index is 0.182. The molecule has 2 aromatic rings. The van der Waals surface area contributed by atoms with Crippen LogP contribution in [0.1, 0.15) is 63.9 Å². The zero-order chi connectivity index (χ0) is 18.9. The van der Waals surface area contributed by atoms with Crippen LogP contribution in [-0.2, 0) is 6.42 Å². The summed E-state index contributed by atoms with van der Waals surface area (Å²) in [6, 6.07) is 15.5. The van der Waals surface area contributed by atoms with Gasteiger partial charge in [-0.3, -0.25) is 0 Å². The summed E-state index contributed by atoms with van der Waals surface area (Å²) in [4.78, 5) is 32.6. The van der Waals surface area contributed by atoms with Crippen molar-refractivity contribution in [1.29, 1.82) is 0 Å². The van der Waals surface area contributed by atoms with Crippen LogP contribution < -0.4 is 10.6 Å². The average molecular weight is 376 g/mol. The van der Waals surface area contributed by atoms with Gasteiger partial charge in [0.25, 0.3) is 0 Å². The molecule has 0 spiro atoms. The van der Waals surface area contributed by atoms with Crippen molar-refractivity contribution in [3.8, 4) is 0 Å². The molecule has 0 saturated carbocycles. The van der Waals surface area contributed by atoms with Gasteiger partial charge in [-0.05, 0) is 0 Å². The van der Waals surface area contributed by atoms with E-state index in [1.807, 2.05) is 12.1 Å². The van der Waals surface area contributed by atoms with Crippen molar-refractivity contribution in [2.75, 3.05) is 0 Å². The summed E-state index contributed by atoms with van der Waals surface area (Å²) in [5.74, 6) is 0. The SMILES string of the molecule is CCCCCCCCCCc1ccccc1P(O)(O)(O)c1ccccc1. The van der Waals surface area contributed by atoms with Crippen molar-refractivity contribution in [2.24, 2.45) is 0 Å². The first-order valence-electron chi connectivity index (χ1n) is 9.85. The summed E-state index contributed by atoms with van der Waals surface area (Å²) < 4.78 is 0. The van der Waals surface area contributed by atoms with Crippen LogP contribution in [0.25, 0.3) is 0 Å². The number of hydrogen-bond acceptors (Lipinski definition) is 3. The van der Waals surface area contributed by atoms with E-state index in [0.717, 1.165) is 24.8 Å². The standard InChI is InChI=1S/C22H33O3P/c1-2-3-4-5-6-7-8-10-15-20-16-13-14-19-22(20)26(23,24,25)21-17-11-9-12-18-21/h9,11-14,16-19,23-25H,2-8,10,15H2,1H3. The molecule has 2 aromatic carbocycles. The molecular formula is C22H33O3P. The number of rotatable bonds is 11. The molecule has 2 rings (SSSR count). The Kier molecular flexibility index (Phi) is 7.79. The molecule has 0 aliphatic carbocycles. The summed E-state index contributed by atoms with van der Waals surface area (Å²) in [5, 5.41) is 0.453. The Labute approximate surface area is 157 Å². The predicted octanol–water partition coefficient (Wildman–Crippen LogP) is 4.60. The second-order valence-corrected chi connectivity index (χ2v) is 10.1. The maximum absolute atomic E-state index is 10.9. The van der Waals surface area contributed by atoms with Crippen molar-refractivity contribution < 1.29 is 14.7 Å². The fraction of sp³-hybridized carbons (Fsp3) is 0.455. The van der Waals surface area contributed by atoms with E-state index in [2.05, 4.69) is 6.92 Å². The first-order valence-corrected chi connectivity index (χ1v) is 11.9. The van der Waals surface area contributed by atoms with Crippen molar-refractivity contribution >= 4 is 17.9 Å². The molecule has 0 aromatic heterocycles. The van der Waals surface area contributed by atoms with Gasteiger partial charge in [-0.1, -0.05) is 0 Å². The van der Waals surface area contributed by atoms with E-state index in [4.69, 9.17) is 0 Å². The van der Waals surface area contributed by atoms with Gasteiger partial charge in [0.05, 0.1) is 0 Å². The molecular weight excluding hydrogens is 343 g/mol. The van der Waals surface area contributed by atoms with E-state index in [1.165, 1.54) is 38.5 Å². The summed E-state index contributed by atoms with van der Waals surface area (Å²) in [6.45, 7) is 2.23. The van der Waals surface area contributed by atoms with Crippen molar-refractivity contribution in [2.45, 2.75) is 64.7 Å². The van der Waals surface area contributed by atoms with Crippen molar-refractivity contribution in [3.05, 3.63) is 60.2 Å². The van der Waals surface area contributed by atoms with Gasteiger partial charge >= 0.3 is 157 Å². The van der Waals surface area contributed by atoms with E-state index in [-0.39, 0.29) is 10.6 Å². The third kappa shape index (κ3) is 5.62. The minimum atomic E-state index is -5.08. The fourth-order valence-corrected chi connectivity index (χ4v) is 5.49. The Balaban J connectivity index is 2.00. The van der Waals surface area contributed by atoms with Gasteiger partial charge in [-0.2, -0.15) is 0 Å². The van der Waals surface area contributed by atoms with Crippen LogP contribution in [0.3, 0.4) is 0 Å². The molecule has 0 unspecified atom stereocenters. The first kappa shape index (κ1) is 21.1. The third-order valence-electron chi connectivity index (χ3n) is 4.97. The molecule has 0 aliphatic rings. The quantitative estimate of drug-likeness (QED) is 0.397. The van der Waals surface area contributed by atoms with E-state index >= 15 is 0 Å². The number of benzene rings is 2. The number of aryl methyl sites for hydroxylation is 1. The van der Waals surface area contributed by atoms with Crippen LogP contribution >= 0.6 is 7.28 Å². The molecule has 0 atom stereocenters. The molecule has 0 fully saturated rings. The molecule has 3 N–H and O–H groups in total. The van der Waals surface area contributed by atoms with E-state index in [1.54, 1.807) is 42.5 Å². The van der Waals surface area contributed by atoms with Gasteiger partial charge in [0.2, 0.25) is 0 Å². The Hall–Kier alpha value is -1.25. The number of hydrogen-bond donors (Lipinski definition) is 3. The molecule has 144 valence electrons. The van der Waals surface area contributed by atoms with Crippen molar-refractivity contribution in [3.63, 3.8) is 0 Å². The molecule has 0 aliphatic heterocycles. The van der Waals surface area contributed by atoms with Crippen LogP contribution in [0.15, 0.2) is 54.6 Å². The van der Waals surface area contributed by atoms with Crippen LogP contribution in [0.2, 0.25) is 0 Å². The molecule has 26 heavy (non-hydrogen) atoms. The molecule has 0 amide bonds. The van der Waals surface area contributed by atoms with Crippen LogP contribution in [0.4, 0.5) is 0 Å². The van der Waals surface area contributed by atoms with Crippen LogP contribution in [0.5, 0.6) is 0 Å². The third-order valence-corrected chi connectivity index (χ3v) is 7.54. The van der Waals surface area contributed by atoms with Crippen LogP contribution in [-0.4, -0.2) is 14.7 Å². The maximum atomic E-state index is 10.9. The summed E-state index contributed by atoms with van der Waals surface area (Å²) in [6.07, 6.45) is 10.6. The van der Waals surface area contributed by atoms with Gasteiger partial charge in [0.1, 0.15) is 0 Å². The predicted molar refractivity (Wildman–Crippen MR) is 112 cm³/mol. The Morgan fingerprint density at radius 2 is 1.19 bits per heavy atom. The number of unbranched alkanes of at least 4 members (excludes halogenated alkanes) is 7. The van der Waals surface area contributed by atoms with E-state index in [0.29, 0.717) is 0 Å². The summed E-state index contributed by atoms with van der Waals surface area (Å²) in [7, 11) is -5.08. The molecule has 4 heteroatoms. The monoisotopic (exact) mass is 376 g/mol. The topological polar surface area (TPSA) is 60.7 Å². The van der Waals surface area contributed by atoms with Crippen LogP contribution in [0, 0.1) is 0 Å². The van der Waals surface area contributed by atoms with Gasteiger partial charge in [-0.15, -0.1) is 0 Å². The Morgan fingerprint density at radius 1 is 0.654 bits per heavy atom. The van der Waals surface area contributed by atoms with Gasteiger partial charge in [0, 0.05) is 0 Å². The molecule has 0 radical (unpaired) electrons. The van der Waals surface area contributed by atoms with Gasteiger partial charge in [0.15, 0.2) is 0 Å². The normalized spacial score (nSPS) is 13.3. The van der Waals surface area contributed by atoms with Gasteiger partial charge in [-0.25, -0.2) is 0 Å². The fourth-order valence-electron chi connectivity index (χ4n) is 3.41. The zero-order valence-electron chi connectivity index (χ0n) is 15.8. The molecule has 0 heterocycles. The average Bonchev–Trinajstić information content (AvgIpc) is 2.65. The Bertz CT molecular complexity index is 662. The second kappa shape index (κ2) is 9.62. The van der Waals surface area contributed by atoms with E-state index in [9.17, 15) is 14.7 Å². The van der Waals surface area contributed by atoms with Gasteiger partial charge < -0.3 is 0 Å². The second-order valence-electron chi connectivity index (χ2n) is 7.17. The van der Waals surface area contributed by atoms with Crippen molar-refractivity contribution in [1.82, 2.24) is 0 Å². The van der Waals surface area contributed by atoms with E-state index < -0.39 is 7.28 Å². The molecule has 3 nitrogen and oxygen atoms in total. The molecule has 0 saturated heterocycles. The zero-order valence-corrected chi connectivity index (χ0v) is 16.7. The summed E-state index contributed by atoms with van der Waals surface area (Å²) in [5.41, 5.74) is 0.826. The molecule has 0 bridgehead atoms.